The number of benzene rings is 7. The van der Waals surface area contributed by atoms with Gasteiger partial charge in [0, 0.05) is 28.7 Å². The van der Waals surface area contributed by atoms with Crippen molar-refractivity contribution in [2.24, 2.45) is 0 Å². The Hall–Kier alpha value is -6.65. The molecule has 0 saturated carbocycles. The first-order valence-corrected chi connectivity index (χ1v) is 18.2. The van der Waals surface area contributed by atoms with E-state index < -0.39 is 11.0 Å². The molecule has 2 aliphatic carbocycles. The van der Waals surface area contributed by atoms with Gasteiger partial charge in [0.15, 0.2) is 17.5 Å². The molecule has 4 nitrogen and oxygen atoms in total. The summed E-state index contributed by atoms with van der Waals surface area (Å²) in [7, 11) is 0. The SMILES string of the molecule is CC12CC=CC=C1C1(c3ccc(-c4nc(-c5ccccc5)nc(-c5ccc6c(ccc7ccccc76)c5)n4)cc3O2)c2ccccc2-c2ccccc21. The van der Waals surface area contributed by atoms with Crippen molar-refractivity contribution in [3.8, 4) is 51.0 Å². The molecule has 0 amide bonds. The monoisotopic (exact) mass is 679 g/mol. The minimum atomic E-state index is -0.542. The highest BCUT2D eigenvalue weighted by molar-refractivity contribution is 6.08. The Kier molecular flexibility index (Phi) is 6.33. The second-order valence-corrected chi connectivity index (χ2v) is 14.5. The first kappa shape index (κ1) is 30.0. The summed E-state index contributed by atoms with van der Waals surface area (Å²) >= 11 is 0. The van der Waals surface area contributed by atoms with Crippen LogP contribution in [0, 0.1) is 0 Å². The van der Waals surface area contributed by atoms with Crippen molar-refractivity contribution in [2.75, 3.05) is 0 Å². The van der Waals surface area contributed by atoms with E-state index in [-0.39, 0.29) is 0 Å². The van der Waals surface area contributed by atoms with Gasteiger partial charge in [-0.2, -0.15) is 0 Å². The van der Waals surface area contributed by atoms with Crippen LogP contribution in [-0.4, -0.2) is 20.6 Å². The summed E-state index contributed by atoms with van der Waals surface area (Å²) in [5, 5.41) is 4.81. The lowest BCUT2D eigenvalue weighted by molar-refractivity contribution is 0.102. The zero-order valence-electron chi connectivity index (χ0n) is 29.1. The summed E-state index contributed by atoms with van der Waals surface area (Å²) in [6, 6.07) is 53.8. The molecule has 250 valence electrons. The molecule has 0 saturated heterocycles. The van der Waals surface area contributed by atoms with Crippen molar-refractivity contribution in [2.45, 2.75) is 24.4 Å². The van der Waals surface area contributed by atoms with Crippen LogP contribution in [0.3, 0.4) is 0 Å². The van der Waals surface area contributed by atoms with E-state index in [1.54, 1.807) is 0 Å². The molecule has 1 atom stereocenters. The summed E-state index contributed by atoms with van der Waals surface area (Å²) < 4.78 is 7.12. The molecule has 0 fully saturated rings. The van der Waals surface area contributed by atoms with Crippen LogP contribution in [0.2, 0.25) is 0 Å². The van der Waals surface area contributed by atoms with Crippen LogP contribution in [0.4, 0.5) is 0 Å². The van der Waals surface area contributed by atoms with Crippen LogP contribution in [-0.2, 0) is 5.41 Å². The number of nitrogens with zero attached hydrogens (tertiary/aromatic N) is 3. The van der Waals surface area contributed by atoms with E-state index in [4.69, 9.17) is 19.7 Å². The van der Waals surface area contributed by atoms with Gasteiger partial charge in [-0.3, -0.25) is 0 Å². The fraction of sp³-hybridized carbons (Fsp3) is 0.0816. The molecule has 4 heteroatoms. The second-order valence-electron chi connectivity index (χ2n) is 14.5. The van der Waals surface area contributed by atoms with Crippen molar-refractivity contribution >= 4 is 21.5 Å². The van der Waals surface area contributed by atoms with Gasteiger partial charge < -0.3 is 4.74 Å². The van der Waals surface area contributed by atoms with Gasteiger partial charge in [-0.25, -0.2) is 15.0 Å². The molecular weight excluding hydrogens is 647 g/mol. The third-order valence-corrected chi connectivity index (χ3v) is 11.5. The summed E-state index contributed by atoms with van der Waals surface area (Å²) in [6.07, 6.45) is 7.48. The zero-order valence-corrected chi connectivity index (χ0v) is 29.1. The van der Waals surface area contributed by atoms with Gasteiger partial charge in [0.25, 0.3) is 0 Å². The average molecular weight is 680 g/mol. The predicted octanol–water partition coefficient (Wildman–Crippen LogP) is 11.5. The minimum Gasteiger partial charge on any atom is -0.482 e. The van der Waals surface area contributed by atoms with Crippen LogP contribution in [0.15, 0.2) is 175 Å². The van der Waals surface area contributed by atoms with Crippen molar-refractivity contribution in [1.82, 2.24) is 15.0 Å². The number of ether oxygens (including phenoxy) is 1. The quantitative estimate of drug-likeness (QED) is 0.174. The number of hydrogen-bond donors (Lipinski definition) is 0. The fourth-order valence-electron chi connectivity index (χ4n) is 9.12. The maximum Gasteiger partial charge on any atom is 0.164 e. The van der Waals surface area contributed by atoms with Crippen molar-refractivity contribution < 1.29 is 4.74 Å². The average Bonchev–Trinajstić information content (AvgIpc) is 3.51. The fourth-order valence-corrected chi connectivity index (χ4v) is 9.12. The number of aromatic nitrogens is 3. The highest BCUT2D eigenvalue weighted by Gasteiger charge is 2.57. The molecule has 0 bridgehead atoms. The molecule has 53 heavy (non-hydrogen) atoms. The van der Waals surface area contributed by atoms with Crippen molar-refractivity contribution in [3.63, 3.8) is 0 Å². The first-order chi connectivity index (χ1) is 26.1. The molecule has 8 aromatic rings. The third-order valence-electron chi connectivity index (χ3n) is 11.5. The molecule has 7 aromatic carbocycles. The first-order valence-electron chi connectivity index (χ1n) is 18.2. The molecule has 2 heterocycles. The van der Waals surface area contributed by atoms with Crippen LogP contribution in [0.5, 0.6) is 5.75 Å². The Labute approximate surface area is 307 Å². The summed E-state index contributed by atoms with van der Waals surface area (Å²) in [5.74, 6) is 2.72. The lowest BCUT2D eigenvalue weighted by Crippen LogP contribution is -2.50. The van der Waals surface area contributed by atoms with Crippen LogP contribution >= 0.6 is 0 Å². The molecule has 11 rings (SSSR count). The Morgan fingerprint density at radius 2 is 1.11 bits per heavy atom. The summed E-state index contributed by atoms with van der Waals surface area (Å²) in [5.41, 5.74) is 9.27. The smallest absolute Gasteiger partial charge is 0.164 e. The highest BCUT2D eigenvalue weighted by atomic mass is 16.5. The molecule has 1 spiro atoms. The van der Waals surface area contributed by atoms with E-state index in [0.717, 1.165) is 39.8 Å². The molecule has 0 radical (unpaired) electrons. The second kappa shape index (κ2) is 11.2. The Balaban J connectivity index is 1.12. The lowest BCUT2D eigenvalue weighted by atomic mass is 9.59. The van der Waals surface area contributed by atoms with Crippen molar-refractivity contribution in [3.05, 3.63) is 192 Å². The zero-order chi connectivity index (χ0) is 35.1. The molecule has 1 aliphatic heterocycles. The minimum absolute atomic E-state index is 0.493. The van der Waals surface area contributed by atoms with Crippen molar-refractivity contribution in [1.29, 1.82) is 0 Å². The Morgan fingerprint density at radius 1 is 0.509 bits per heavy atom. The molecule has 1 unspecified atom stereocenters. The van der Waals surface area contributed by atoms with Crippen LogP contribution < -0.4 is 4.74 Å². The number of hydrogen-bond acceptors (Lipinski definition) is 4. The standard InChI is InChI=1S/C49H33N3O/c1-48-28-12-11-21-44(48)49(40-19-9-7-17-38(40)39-18-8-10-20-41(39)49)42-27-25-35(30-43(42)53-48)47-51-45(32-14-3-2-4-15-32)50-46(52-47)34-24-26-37-33(29-34)23-22-31-13-5-6-16-36(31)37/h2-27,29-30H,28H2,1H3. The largest absolute Gasteiger partial charge is 0.482 e. The van der Waals surface area contributed by atoms with E-state index in [2.05, 4.69) is 159 Å². The van der Waals surface area contributed by atoms with E-state index in [9.17, 15) is 0 Å². The molecule has 0 N–H and O–H groups in total. The normalized spacial score (nSPS) is 17.5. The van der Waals surface area contributed by atoms with Gasteiger partial charge in [0.05, 0.1) is 5.41 Å². The number of allylic oxidation sites excluding steroid dienone is 2. The van der Waals surface area contributed by atoms with Crippen LogP contribution in [0.25, 0.3) is 66.8 Å². The maximum absolute atomic E-state index is 7.12. The third kappa shape index (κ3) is 4.33. The number of rotatable bonds is 3. The van der Waals surface area contributed by atoms with Gasteiger partial charge in [0.1, 0.15) is 11.4 Å². The number of fused-ring (bicyclic) bond motifs is 12. The maximum atomic E-state index is 7.12. The van der Waals surface area contributed by atoms with Crippen LogP contribution in [0.1, 0.15) is 30.0 Å². The van der Waals surface area contributed by atoms with Gasteiger partial charge in [0.2, 0.25) is 0 Å². The lowest BCUT2D eigenvalue weighted by Gasteiger charge is -2.50. The summed E-state index contributed by atoms with van der Waals surface area (Å²) in [4.78, 5) is 15.3. The van der Waals surface area contributed by atoms with E-state index in [0.29, 0.717) is 17.5 Å². The predicted molar refractivity (Wildman–Crippen MR) is 214 cm³/mol. The topological polar surface area (TPSA) is 47.9 Å². The van der Waals surface area contributed by atoms with E-state index in [1.807, 2.05) is 18.2 Å². The summed E-state index contributed by atoms with van der Waals surface area (Å²) in [6.45, 7) is 2.24. The van der Waals surface area contributed by atoms with Gasteiger partial charge in [-0.15, -0.1) is 0 Å². The molecular formula is C49H33N3O. The van der Waals surface area contributed by atoms with E-state index in [1.165, 1.54) is 44.0 Å². The van der Waals surface area contributed by atoms with Gasteiger partial charge in [-0.1, -0.05) is 158 Å². The van der Waals surface area contributed by atoms with E-state index >= 15 is 0 Å². The van der Waals surface area contributed by atoms with Gasteiger partial charge >= 0.3 is 0 Å². The highest BCUT2D eigenvalue weighted by Crippen LogP contribution is 2.63. The molecule has 3 aliphatic rings. The Morgan fingerprint density at radius 3 is 1.89 bits per heavy atom. The Bertz CT molecular complexity index is 2830. The van der Waals surface area contributed by atoms with Gasteiger partial charge in [-0.05, 0) is 68.4 Å². The molecule has 1 aromatic heterocycles.